The highest BCUT2D eigenvalue weighted by molar-refractivity contribution is 7.89. The molecule has 0 aliphatic carbocycles. The smallest absolute Gasteiger partial charge is 0.274 e. The van der Waals surface area contributed by atoms with E-state index in [2.05, 4.69) is 15.6 Å². The molecule has 1 fully saturated rings. The maximum absolute atomic E-state index is 13.0. The average molecular weight is 441 g/mol. The van der Waals surface area contributed by atoms with Crippen LogP contribution in [0.15, 0.2) is 59.5 Å². The van der Waals surface area contributed by atoms with Crippen molar-refractivity contribution in [2.24, 2.45) is 0 Å². The number of rotatable bonds is 6. The fourth-order valence-electron chi connectivity index (χ4n) is 3.45. The Morgan fingerprint density at radius 1 is 1.06 bits per heavy atom. The molecular formula is C22H24N4O4S. The molecule has 1 aromatic heterocycles. The van der Waals surface area contributed by atoms with Gasteiger partial charge in [0.05, 0.1) is 35.0 Å². The van der Waals surface area contributed by atoms with Crippen molar-refractivity contribution in [2.45, 2.75) is 11.8 Å². The molecule has 1 saturated heterocycles. The zero-order valence-electron chi connectivity index (χ0n) is 17.2. The molecule has 2 N–H and O–H groups in total. The monoisotopic (exact) mass is 440 g/mol. The summed E-state index contributed by atoms with van der Waals surface area (Å²) in [6.45, 7) is 3.89. The van der Waals surface area contributed by atoms with Gasteiger partial charge in [-0.3, -0.25) is 4.79 Å². The molecule has 9 heteroatoms. The third-order valence-electron chi connectivity index (χ3n) is 5.05. The fourth-order valence-corrected chi connectivity index (χ4v) is 4.88. The average Bonchev–Trinajstić information content (AvgIpc) is 2.80. The molecule has 162 valence electrons. The van der Waals surface area contributed by atoms with Gasteiger partial charge in [-0.25, -0.2) is 13.4 Å². The Balaban J connectivity index is 1.65. The van der Waals surface area contributed by atoms with E-state index >= 15 is 0 Å². The molecule has 1 aliphatic rings. The lowest BCUT2D eigenvalue weighted by Gasteiger charge is -2.26. The lowest BCUT2D eigenvalue weighted by atomic mass is 10.2. The molecule has 0 spiro atoms. The number of pyridine rings is 1. The first-order valence-corrected chi connectivity index (χ1v) is 11.6. The Hall–Kier alpha value is -3.01. The highest BCUT2D eigenvalue weighted by atomic mass is 32.2. The lowest BCUT2D eigenvalue weighted by molar-refractivity contribution is 0.0730. The predicted octanol–water partition coefficient (Wildman–Crippen LogP) is 2.94. The minimum Gasteiger partial charge on any atom is -0.384 e. The maximum Gasteiger partial charge on any atom is 0.274 e. The van der Waals surface area contributed by atoms with E-state index in [-0.39, 0.29) is 10.6 Å². The minimum atomic E-state index is -3.69. The van der Waals surface area contributed by atoms with Crippen LogP contribution in [0.3, 0.4) is 0 Å². The van der Waals surface area contributed by atoms with Gasteiger partial charge in [0.1, 0.15) is 5.69 Å². The zero-order chi connectivity index (χ0) is 21.8. The Morgan fingerprint density at radius 3 is 2.61 bits per heavy atom. The molecule has 8 nitrogen and oxygen atoms in total. The number of nitrogens with zero attached hydrogens (tertiary/aromatic N) is 2. The number of anilines is 2. The van der Waals surface area contributed by atoms with E-state index < -0.39 is 15.9 Å². The Bertz CT molecular complexity index is 1210. The van der Waals surface area contributed by atoms with Crippen molar-refractivity contribution in [3.63, 3.8) is 0 Å². The van der Waals surface area contributed by atoms with Gasteiger partial charge in [0.15, 0.2) is 0 Å². The summed E-state index contributed by atoms with van der Waals surface area (Å²) in [6.07, 6.45) is 0. The molecule has 4 rings (SSSR count). The highest BCUT2D eigenvalue weighted by Crippen LogP contribution is 2.28. The van der Waals surface area contributed by atoms with Gasteiger partial charge in [0, 0.05) is 25.0 Å². The molecule has 0 unspecified atom stereocenters. The number of amides is 1. The largest absolute Gasteiger partial charge is 0.384 e. The summed E-state index contributed by atoms with van der Waals surface area (Å²) in [4.78, 5) is 17.4. The molecule has 0 atom stereocenters. The van der Waals surface area contributed by atoms with Gasteiger partial charge in [-0.05, 0) is 37.3 Å². The van der Waals surface area contributed by atoms with Crippen molar-refractivity contribution < 1.29 is 17.9 Å². The summed E-state index contributed by atoms with van der Waals surface area (Å²) in [5, 5.41) is 6.91. The summed E-state index contributed by atoms with van der Waals surface area (Å²) in [6, 6.07) is 15.7. The van der Waals surface area contributed by atoms with Crippen molar-refractivity contribution in [3.05, 3.63) is 60.3 Å². The number of nitrogens with one attached hydrogen (secondary N) is 2. The quantitative estimate of drug-likeness (QED) is 0.611. The van der Waals surface area contributed by atoms with Crippen LogP contribution < -0.4 is 10.6 Å². The summed E-state index contributed by atoms with van der Waals surface area (Å²) in [7, 11) is -3.69. The van der Waals surface area contributed by atoms with Gasteiger partial charge < -0.3 is 15.4 Å². The molecule has 1 amide bonds. The van der Waals surface area contributed by atoms with Crippen LogP contribution in [0, 0.1) is 0 Å². The molecule has 2 heterocycles. The van der Waals surface area contributed by atoms with Crippen LogP contribution in [-0.4, -0.2) is 56.5 Å². The maximum atomic E-state index is 13.0. The number of carbonyl (C=O) groups excluding carboxylic acids is 1. The summed E-state index contributed by atoms with van der Waals surface area (Å²) >= 11 is 0. The number of benzene rings is 2. The van der Waals surface area contributed by atoms with Crippen LogP contribution in [0.2, 0.25) is 0 Å². The number of ether oxygens (including phenoxy) is 1. The molecule has 0 radical (unpaired) electrons. The van der Waals surface area contributed by atoms with Crippen molar-refractivity contribution in [1.29, 1.82) is 0 Å². The molecule has 1 aliphatic heterocycles. The number of hydrogen-bond donors (Lipinski definition) is 2. The summed E-state index contributed by atoms with van der Waals surface area (Å²) in [5.74, 6) is -0.411. The molecule has 3 aromatic rings. The van der Waals surface area contributed by atoms with E-state index in [0.717, 1.165) is 5.39 Å². The van der Waals surface area contributed by atoms with E-state index in [9.17, 15) is 13.2 Å². The van der Waals surface area contributed by atoms with E-state index in [4.69, 9.17) is 4.74 Å². The number of para-hydroxylation sites is 1. The van der Waals surface area contributed by atoms with Crippen LogP contribution in [0.1, 0.15) is 17.4 Å². The second-order valence-electron chi connectivity index (χ2n) is 7.10. The number of hydrogen-bond acceptors (Lipinski definition) is 6. The van der Waals surface area contributed by atoms with E-state index in [1.165, 1.54) is 10.4 Å². The highest BCUT2D eigenvalue weighted by Gasteiger charge is 2.27. The van der Waals surface area contributed by atoms with Gasteiger partial charge in [0.25, 0.3) is 5.91 Å². The van der Waals surface area contributed by atoms with Crippen molar-refractivity contribution >= 4 is 38.2 Å². The molecule has 2 aromatic carbocycles. The third-order valence-corrected chi connectivity index (χ3v) is 6.94. The zero-order valence-corrected chi connectivity index (χ0v) is 18.0. The first-order chi connectivity index (χ1) is 15.0. The van der Waals surface area contributed by atoms with E-state index in [0.29, 0.717) is 49.7 Å². The first-order valence-electron chi connectivity index (χ1n) is 10.1. The lowest BCUT2D eigenvalue weighted by Crippen LogP contribution is -2.40. The van der Waals surface area contributed by atoms with Gasteiger partial charge in [0.2, 0.25) is 10.0 Å². The van der Waals surface area contributed by atoms with Gasteiger partial charge in [-0.2, -0.15) is 4.31 Å². The van der Waals surface area contributed by atoms with Crippen LogP contribution in [-0.2, 0) is 14.8 Å². The first kappa shape index (κ1) is 21.2. The van der Waals surface area contributed by atoms with Crippen LogP contribution >= 0.6 is 0 Å². The van der Waals surface area contributed by atoms with Crippen molar-refractivity contribution in [2.75, 3.05) is 43.5 Å². The normalized spacial score (nSPS) is 15.0. The van der Waals surface area contributed by atoms with E-state index in [1.807, 2.05) is 37.3 Å². The van der Waals surface area contributed by atoms with Gasteiger partial charge in [-0.15, -0.1) is 0 Å². The van der Waals surface area contributed by atoms with E-state index in [1.54, 1.807) is 18.2 Å². The second kappa shape index (κ2) is 9.01. The second-order valence-corrected chi connectivity index (χ2v) is 9.04. The van der Waals surface area contributed by atoms with Crippen LogP contribution in [0.5, 0.6) is 0 Å². The summed E-state index contributed by atoms with van der Waals surface area (Å²) in [5.41, 5.74) is 1.99. The Labute approximate surface area is 181 Å². The van der Waals surface area contributed by atoms with Crippen molar-refractivity contribution in [1.82, 2.24) is 9.29 Å². The number of morpholine rings is 1. The van der Waals surface area contributed by atoms with Crippen molar-refractivity contribution in [3.8, 4) is 0 Å². The number of aromatic nitrogens is 1. The predicted molar refractivity (Wildman–Crippen MR) is 120 cm³/mol. The molecule has 0 saturated carbocycles. The van der Waals surface area contributed by atoms with Gasteiger partial charge in [-0.1, -0.05) is 24.3 Å². The topological polar surface area (TPSA) is 101 Å². The Morgan fingerprint density at radius 2 is 1.84 bits per heavy atom. The minimum absolute atomic E-state index is 0.123. The van der Waals surface area contributed by atoms with Crippen LogP contribution in [0.4, 0.5) is 11.4 Å². The fraction of sp³-hybridized carbons (Fsp3) is 0.273. The number of fused-ring (bicyclic) bond motifs is 1. The standard InChI is InChI=1S/C22H24N4O4S/c1-2-23-19-10-8-17(31(28,29)26-11-13-30-14-12-26)15-21(19)25-22(27)20-9-7-16-5-3-4-6-18(16)24-20/h3-10,15,23H,2,11-14H2,1H3,(H,25,27). The number of sulfonamides is 1. The SMILES string of the molecule is CCNc1ccc(S(=O)(=O)N2CCOCC2)cc1NC(=O)c1ccc2ccccc2n1. The Kier molecular flexibility index (Phi) is 6.17. The van der Waals surface area contributed by atoms with Crippen LogP contribution in [0.25, 0.3) is 10.9 Å². The molecular weight excluding hydrogens is 416 g/mol. The van der Waals surface area contributed by atoms with Gasteiger partial charge >= 0.3 is 0 Å². The third kappa shape index (κ3) is 4.53. The number of carbonyl (C=O) groups is 1. The molecule has 31 heavy (non-hydrogen) atoms. The molecule has 0 bridgehead atoms. The summed E-state index contributed by atoms with van der Waals surface area (Å²) < 4.78 is 32.7.